The van der Waals surface area contributed by atoms with Crippen LogP contribution in [0.2, 0.25) is 0 Å². The monoisotopic (exact) mass is 395 g/mol. The minimum Gasteiger partial charge on any atom is -0.379 e. The summed E-state index contributed by atoms with van der Waals surface area (Å²) in [7, 11) is 0. The quantitative estimate of drug-likeness (QED) is 0.798. The first kappa shape index (κ1) is 19.9. The molecule has 2 saturated heterocycles. The summed E-state index contributed by atoms with van der Waals surface area (Å²) in [5.74, 6) is 0.210. The van der Waals surface area contributed by atoms with E-state index in [1.54, 1.807) is 15.7 Å². The van der Waals surface area contributed by atoms with E-state index in [2.05, 4.69) is 24.8 Å². The number of amides is 1. The summed E-state index contributed by atoms with van der Waals surface area (Å²) in [6.07, 6.45) is 1.76. The van der Waals surface area contributed by atoms with Gasteiger partial charge in [0.1, 0.15) is 5.56 Å². The van der Waals surface area contributed by atoms with Crippen molar-refractivity contribution in [3.63, 3.8) is 0 Å². The maximum absolute atomic E-state index is 13.2. The Morgan fingerprint density at radius 3 is 2.55 bits per heavy atom. The molecule has 4 rings (SSSR count). The largest absolute Gasteiger partial charge is 0.379 e. The minimum atomic E-state index is -0.245. The molecule has 0 bridgehead atoms. The molecule has 2 aromatic rings. The zero-order chi connectivity index (χ0) is 20.5. The fourth-order valence-corrected chi connectivity index (χ4v) is 4.08. The zero-order valence-corrected chi connectivity index (χ0v) is 17.4. The number of likely N-dealkylation sites (tertiary alicyclic amines) is 1. The Kier molecular flexibility index (Phi) is 5.56. The van der Waals surface area contributed by atoms with Crippen LogP contribution in [0.1, 0.15) is 41.3 Å². The fraction of sp³-hybridized carbons (Fsp3) is 0.478. The zero-order valence-electron chi connectivity index (χ0n) is 17.4. The van der Waals surface area contributed by atoms with Gasteiger partial charge in [-0.05, 0) is 42.2 Å². The van der Waals surface area contributed by atoms with Crippen LogP contribution in [0.3, 0.4) is 0 Å². The van der Waals surface area contributed by atoms with Gasteiger partial charge in [0.05, 0.1) is 13.2 Å². The van der Waals surface area contributed by atoms with Crippen molar-refractivity contribution in [2.75, 3.05) is 39.4 Å². The molecule has 0 aliphatic carbocycles. The van der Waals surface area contributed by atoms with Crippen molar-refractivity contribution in [1.29, 1.82) is 0 Å². The molecule has 1 aromatic heterocycles. The molecule has 2 aliphatic rings. The standard InChI is InChI=1S/C23H29N3O3/c1-16(2)18-5-4-6-19(13-18)26-8-7-17(3)21(23(26)28)22(27)25-14-20(15-25)24-9-11-29-12-10-24/h4-8,13,16,20H,9-12,14-15H2,1-3H3. The molecule has 1 aromatic carbocycles. The van der Waals surface area contributed by atoms with Crippen molar-refractivity contribution in [2.24, 2.45) is 0 Å². The van der Waals surface area contributed by atoms with Gasteiger partial charge in [-0.2, -0.15) is 0 Å². The van der Waals surface area contributed by atoms with Crippen LogP contribution in [0.15, 0.2) is 41.3 Å². The molecule has 6 nitrogen and oxygen atoms in total. The van der Waals surface area contributed by atoms with Gasteiger partial charge < -0.3 is 9.64 Å². The lowest BCUT2D eigenvalue weighted by Gasteiger charge is -2.46. The predicted octanol–water partition coefficient (Wildman–Crippen LogP) is 2.43. The van der Waals surface area contributed by atoms with Crippen molar-refractivity contribution in [2.45, 2.75) is 32.7 Å². The van der Waals surface area contributed by atoms with E-state index < -0.39 is 0 Å². The average molecular weight is 396 g/mol. The van der Waals surface area contributed by atoms with Crippen LogP contribution < -0.4 is 5.56 Å². The molecule has 0 spiro atoms. The van der Waals surface area contributed by atoms with Gasteiger partial charge in [0.25, 0.3) is 11.5 Å². The summed E-state index contributed by atoms with van der Waals surface area (Å²) in [4.78, 5) is 30.5. The van der Waals surface area contributed by atoms with Crippen molar-refractivity contribution in [3.05, 3.63) is 63.6 Å². The first-order chi connectivity index (χ1) is 14.0. The van der Waals surface area contributed by atoms with Crippen molar-refractivity contribution in [1.82, 2.24) is 14.4 Å². The van der Waals surface area contributed by atoms with E-state index in [1.807, 2.05) is 31.2 Å². The molecular formula is C23H29N3O3. The van der Waals surface area contributed by atoms with Crippen LogP contribution in [-0.4, -0.2) is 65.7 Å². The molecule has 0 unspecified atom stereocenters. The van der Waals surface area contributed by atoms with E-state index in [0.717, 1.165) is 37.6 Å². The highest BCUT2D eigenvalue weighted by atomic mass is 16.5. The van der Waals surface area contributed by atoms with Crippen LogP contribution in [0.5, 0.6) is 0 Å². The average Bonchev–Trinajstić information content (AvgIpc) is 2.68. The van der Waals surface area contributed by atoms with Crippen LogP contribution >= 0.6 is 0 Å². The highest BCUT2D eigenvalue weighted by Gasteiger charge is 2.37. The molecule has 2 aliphatic heterocycles. The van der Waals surface area contributed by atoms with Gasteiger partial charge in [-0.1, -0.05) is 26.0 Å². The number of benzene rings is 1. The molecule has 0 N–H and O–H groups in total. The molecule has 0 atom stereocenters. The Balaban J connectivity index is 1.57. The fourth-order valence-electron chi connectivity index (χ4n) is 4.08. The van der Waals surface area contributed by atoms with E-state index >= 15 is 0 Å². The van der Waals surface area contributed by atoms with Gasteiger partial charge in [-0.15, -0.1) is 0 Å². The van der Waals surface area contributed by atoms with E-state index in [9.17, 15) is 9.59 Å². The lowest BCUT2D eigenvalue weighted by Crippen LogP contribution is -2.63. The van der Waals surface area contributed by atoms with Gasteiger partial charge in [0.2, 0.25) is 0 Å². The predicted molar refractivity (Wildman–Crippen MR) is 113 cm³/mol. The first-order valence-corrected chi connectivity index (χ1v) is 10.4. The summed E-state index contributed by atoms with van der Waals surface area (Å²) >= 11 is 0. The van der Waals surface area contributed by atoms with E-state index in [0.29, 0.717) is 25.0 Å². The maximum atomic E-state index is 13.2. The SMILES string of the molecule is Cc1ccn(-c2cccc(C(C)C)c2)c(=O)c1C(=O)N1CC(N2CCOCC2)C1. The molecule has 6 heteroatoms. The van der Waals surface area contributed by atoms with Gasteiger partial charge >= 0.3 is 0 Å². The van der Waals surface area contributed by atoms with Crippen LogP contribution in [-0.2, 0) is 4.74 Å². The number of aryl methyl sites for hydroxylation is 1. The van der Waals surface area contributed by atoms with Crippen molar-refractivity contribution in [3.8, 4) is 5.69 Å². The van der Waals surface area contributed by atoms with Crippen molar-refractivity contribution >= 4 is 5.91 Å². The molecule has 3 heterocycles. The highest BCUT2D eigenvalue weighted by molar-refractivity contribution is 5.96. The van der Waals surface area contributed by atoms with Gasteiger partial charge in [0, 0.05) is 44.1 Å². The highest BCUT2D eigenvalue weighted by Crippen LogP contribution is 2.21. The Morgan fingerprint density at radius 1 is 1.14 bits per heavy atom. The topological polar surface area (TPSA) is 54.8 Å². The summed E-state index contributed by atoms with van der Waals surface area (Å²) in [6.45, 7) is 10.8. The summed E-state index contributed by atoms with van der Waals surface area (Å²) in [5.41, 5.74) is 2.73. The van der Waals surface area contributed by atoms with Gasteiger partial charge in [0.15, 0.2) is 0 Å². The number of pyridine rings is 1. The van der Waals surface area contributed by atoms with E-state index in [1.165, 1.54) is 5.56 Å². The Morgan fingerprint density at radius 2 is 1.86 bits per heavy atom. The summed E-state index contributed by atoms with van der Waals surface area (Å²) < 4.78 is 6.99. The number of morpholine rings is 1. The second-order valence-corrected chi connectivity index (χ2v) is 8.31. The Hall–Kier alpha value is -2.44. The van der Waals surface area contributed by atoms with Gasteiger partial charge in [-0.25, -0.2) is 0 Å². The smallest absolute Gasteiger partial charge is 0.268 e. The van der Waals surface area contributed by atoms with Crippen molar-refractivity contribution < 1.29 is 9.53 Å². The number of aromatic nitrogens is 1. The summed E-state index contributed by atoms with van der Waals surface area (Å²) in [6, 6.07) is 10.2. The summed E-state index contributed by atoms with van der Waals surface area (Å²) in [5, 5.41) is 0. The van der Waals surface area contributed by atoms with Crippen LogP contribution in [0, 0.1) is 6.92 Å². The maximum Gasteiger partial charge on any atom is 0.268 e. The number of rotatable bonds is 4. The second-order valence-electron chi connectivity index (χ2n) is 8.31. The number of carbonyl (C=O) groups is 1. The Bertz CT molecular complexity index is 954. The third-order valence-corrected chi connectivity index (χ3v) is 6.04. The third-order valence-electron chi connectivity index (χ3n) is 6.04. The van der Waals surface area contributed by atoms with Crippen LogP contribution in [0.25, 0.3) is 5.69 Å². The third kappa shape index (κ3) is 3.87. The molecule has 0 radical (unpaired) electrons. The normalized spacial score (nSPS) is 18.1. The second kappa shape index (κ2) is 8.13. The first-order valence-electron chi connectivity index (χ1n) is 10.4. The Labute approximate surface area is 171 Å². The molecule has 154 valence electrons. The number of nitrogens with zero attached hydrogens (tertiary/aromatic N) is 3. The van der Waals surface area contributed by atoms with E-state index in [-0.39, 0.29) is 17.0 Å². The molecule has 0 saturated carbocycles. The van der Waals surface area contributed by atoms with Gasteiger partial charge in [-0.3, -0.25) is 19.1 Å². The molecule has 1 amide bonds. The molecular weight excluding hydrogens is 366 g/mol. The van der Waals surface area contributed by atoms with E-state index in [4.69, 9.17) is 4.74 Å². The molecule has 29 heavy (non-hydrogen) atoms. The minimum absolute atomic E-state index is 0.161. The molecule has 2 fully saturated rings. The van der Waals surface area contributed by atoms with Crippen LogP contribution in [0.4, 0.5) is 0 Å². The number of carbonyl (C=O) groups excluding carboxylic acids is 1. The lowest BCUT2D eigenvalue weighted by atomic mass is 10.0. The lowest BCUT2D eigenvalue weighted by molar-refractivity contribution is -0.0256. The number of hydrogen-bond donors (Lipinski definition) is 0. The number of ether oxygens (including phenoxy) is 1. The number of hydrogen-bond acceptors (Lipinski definition) is 4.